The topological polar surface area (TPSA) is 19.1 Å². The van der Waals surface area contributed by atoms with E-state index in [-0.39, 0.29) is 0 Å². The number of rotatable bonds is 2. The van der Waals surface area contributed by atoms with Gasteiger partial charge in [-0.1, -0.05) is 97.1 Å². The average molecular weight is 549 g/mol. The highest BCUT2D eigenvalue weighted by Crippen LogP contribution is 2.48. The highest BCUT2D eigenvalue weighted by molar-refractivity contribution is 6.15. The van der Waals surface area contributed by atoms with E-state index in [1.807, 2.05) is 6.07 Å². The van der Waals surface area contributed by atoms with E-state index in [2.05, 4.69) is 149 Å². The third-order valence-electron chi connectivity index (χ3n) is 9.09. The van der Waals surface area contributed by atoms with Crippen molar-refractivity contribution in [2.24, 2.45) is 0 Å². The second-order valence-corrected chi connectivity index (χ2v) is 11.3. The molecule has 0 atom stereocenters. The predicted molar refractivity (Wildman–Crippen MR) is 178 cm³/mol. The molecule has 10 rings (SSSR count). The van der Waals surface area contributed by atoms with Crippen molar-refractivity contribution < 1.29 is 4.74 Å². The summed E-state index contributed by atoms with van der Waals surface area (Å²) in [7, 11) is 0. The molecule has 0 aliphatic carbocycles. The quantitative estimate of drug-likeness (QED) is 0.210. The van der Waals surface area contributed by atoms with Crippen LogP contribution >= 0.6 is 0 Å². The summed E-state index contributed by atoms with van der Waals surface area (Å²) in [5.41, 5.74) is 9.34. The summed E-state index contributed by atoms with van der Waals surface area (Å²) in [6, 6.07) is 52.3. The zero-order chi connectivity index (χ0) is 28.1. The number of benzene rings is 7. The van der Waals surface area contributed by atoms with E-state index in [1.54, 1.807) is 0 Å². The van der Waals surface area contributed by atoms with Gasteiger partial charge in [0, 0.05) is 26.9 Å². The molecule has 0 N–H and O–H groups in total. The van der Waals surface area contributed by atoms with E-state index in [0.717, 1.165) is 28.3 Å². The van der Waals surface area contributed by atoms with Gasteiger partial charge >= 0.3 is 0 Å². The summed E-state index contributed by atoms with van der Waals surface area (Å²) in [6.45, 7) is 0. The molecule has 3 heteroatoms. The van der Waals surface area contributed by atoms with E-state index in [9.17, 15) is 0 Å². The zero-order valence-corrected chi connectivity index (χ0v) is 23.2. The predicted octanol–water partition coefficient (Wildman–Crippen LogP) is 10.8. The van der Waals surface area contributed by atoms with Crippen molar-refractivity contribution in [3.05, 3.63) is 146 Å². The van der Waals surface area contributed by atoms with Gasteiger partial charge in [-0.3, -0.25) is 0 Å². The molecule has 1 aliphatic rings. The standard InChI is InChI=1S/C40H24N2O/c1-2-12-28-27(11-1)26(21-22-36(28)41-33-16-6-3-13-29(33)30-14-4-7-17-34(30)41)25-23-32-31-15-5-8-18-35(31)42-37-19-9-10-20-38(37)43-39(24-25)40(32)42/h1-24H. The fourth-order valence-electron chi connectivity index (χ4n) is 7.30. The van der Waals surface area contributed by atoms with Crippen LogP contribution in [0, 0.1) is 0 Å². The zero-order valence-electron chi connectivity index (χ0n) is 23.2. The molecule has 0 bridgehead atoms. The van der Waals surface area contributed by atoms with Crippen molar-refractivity contribution in [2.75, 3.05) is 0 Å². The van der Waals surface area contributed by atoms with Gasteiger partial charge in [-0.15, -0.1) is 0 Å². The smallest absolute Gasteiger partial charge is 0.152 e. The molecule has 0 fully saturated rings. The third kappa shape index (κ3) is 3.03. The van der Waals surface area contributed by atoms with Crippen LogP contribution in [0.4, 0.5) is 0 Å². The first-order valence-electron chi connectivity index (χ1n) is 14.7. The highest BCUT2D eigenvalue weighted by Gasteiger charge is 2.25. The second-order valence-electron chi connectivity index (χ2n) is 11.3. The van der Waals surface area contributed by atoms with Gasteiger partial charge < -0.3 is 13.9 Å². The maximum Gasteiger partial charge on any atom is 0.152 e. The Hall–Kier alpha value is -5.80. The number of hydrogen-bond acceptors (Lipinski definition) is 1. The van der Waals surface area contributed by atoms with Crippen molar-refractivity contribution in [2.45, 2.75) is 0 Å². The maximum absolute atomic E-state index is 6.61. The SMILES string of the molecule is c1ccc2c(c1)Oc1cc(-c3ccc(-n4c5ccccc5c5ccccc54)c4ccccc34)cc3c4ccccc4n-2c13. The van der Waals surface area contributed by atoms with Crippen LogP contribution in [-0.2, 0) is 0 Å². The minimum Gasteiger partial charge on any atom is -0.453 e. The van der Waals surface area contributed by atoms with Gasteiger partial charge in [0.1, 0.15) is 0 Å². The molecule has 0 amide bonds. The van der Waals surface area contributed by atoms with Crippen molar-refractivity contribution in [3.8, 4) is 34.0 Å². The molecule has 7 aromatic carbocycles. The molecule has 2 aromatic heterocycles. The van der Waals surface area contributed by atoms with Gasteiger partial charge in [0.05, 0.1) is 33.4 Å². The van der Waals surface area contributed by atoms with Gasteiger partial charge in [0.15, 0.2) is 11.5 Å². The number of fused-ring (bicyclic) bond motifs is 9. The van der Waals surface area contributed by atoms with Crippen molar-refractivity contribution >= 4 is 54.4 Å². The maximum atomic E-state index is 6.61. The molecule has 0 saturated heterocycles. The molecule has 1 aliphatic heterocycles. The Morgan fingerprint density at radius 3 is 1.65 bits per heavy atom. The molecular weight excluding hydrogens is 524 g/mol. The summed E-state index contributed by atoms with van der Waals surface area (Å²) in [5, 5.41) is 7.40. The van der Waals surface area contributed by atoms with E-state index >= 15 is 0 Å². The van der Waals surface area contributed by atoms with Crippen LogP contribution in [-0.4, -0.2) is 9.13 Å². The Bertz CT molecular complexity index is 2550. The number of ether oxygens (including phenoxy) is 1. The summed E-state index contributed by atoms with van der Waals surface area (Å²) < 4.78 is 11.4. The number of hydrogen-bond donors (Lipinski definition) is 0. The van der Waals surface area contributed by atoms with Gasteiger partial charge in [-0.05, 0) is 65.0 Å². The van der Waals surface area contributed by atoms with Crippen LogP contribution < -0.4 is 4.74 Å². The molecule has 0 radical (unpaired) electrons. The molecule has 0 unspecified atom stereocenters. The van der Waals surface area contributed by atoms with Crippen LogP contribution in [0.25, 0.3) is 76.9 Å². The Morgan fingerprint density at radius 2 is 0.930 bits per heavy atom. The summed E-state index contributed by atoms with van der Waals surface area (Å²) in [4.78, 5) is 0. The summed E-state index contributed by atoms with van der Waals surface area (Å²) >= 11 is 0. The van der Waals surface area contributed by atoms with E-state index in [1.165, 1.54) is 60.1 Å². The first-order chi connectivity index (χ1) is 21.3. The number of nitrogens with zero attached hydrogens (tertiary/aromatic N) is 2. The molecule has 43 heavy (non-hydrogen) atoms. The average Bonchev–Trinajstić information content (AvgIpc) is 3.58. The van der Waals surface area contributed by atoms with Crippen LogP contribution in [0.1, 0.15) is 0 Å². The van der Waals surface area contributed by atoms with Crippen LogP contribution in [0.15, 0.2) is 146 Å². The lowest BCUT2D eigenvalue weighted by atomic mass is 9.95. The molecule has 200 valence electrons. The molecule has 3 heterocycles. The van der Waals surface area contributed by atoms with Crippen molar-refractivity contribution in [3.63, 3.8) is 0 Å². The summed E-state index contributed by atoms with van der Waals surface area (Å²) in [6.07, 6.45) is 0. The Morgan fingerprint density at radius 1 is 0.372 bits per heavy atom. The molecule has 9 aromatic rings. The van der Waals surface area contributed by atoms with Crippen LogP contribution in [0.2, 0.25) is 0 Å². The van der Waals surface area contributed by atoms with E-state index in [0.29, 0.717) is 0 Å². The van der Waals surface area contributed by atoms with Gasteiger partial charge in [-0.2, -0.15) is 0 Å². The lowest BCUT2D eigenvalue weighted by Gasteiger charge is -2.22. The second kappa shape index (κ2) is 8.37. The lowest BCUT2D eigenvalue weighted by Crippen LogP contribution is -2.04. The first-order valence-corrected chi connectivity index (χ1v) is 14.7. The Kier molecular flexibility index (Phi) is 4.45. The fourth-order valence-corrected chi connectivity index (χ4v) is 7.30. The van der Waals surface area contributed by atoms with Crippen molar-refractivity contribution in [1.29, 1.82) is 0 Å². The minimum atomic E-state index is 0.876. The Labute approximate surface area is 247 Å². The third-order valence-corrected chi connectivity index (χ3v) is 9.09. The lowest BCUT2D eigenvalue weighted by molar-refractivity contribution is 0.476. The first kappa shape index (κ1) is 22.8. The Balaban J connectivity index is 1.27. The monoisotopic (exact) mass is 548 g/mol. The van der Waals surface area contributed by atoms with Crippen molar-refractivity contribution in [1.82, 2.24) is 9.13 Å². The molecular formula is C40H24N2O. The van der Waals surface area contributed by atoms with Gasteiger partial charge in [-0.25, -0.2) is 0 Å². The minimum absolute atomic E-state index is 0.876. The number of para-hydroxylation sites is 5. The molecule has 0 spiro atoms. The van der Waals surface area contributed by atoms with Crippen LogP contribution in [0.5, 0.6) is 11.5 Å². The number of aromatic nitrogens is 2. The van der Waals surface area contributed by atoms with E-state index < -0.39 is 0 Å². The van der Waals surface area contributed by atoms with Gasteiger partial charge in [0.2, 0.25) is 0 Å². The normalized spacial score (nSPS) is 12.4. The highest BCUT2D eigenvalue weighted by atomic mass is 16.5. The largest absolute Gasteiger partial charge is 0.453 e. The molecule has 0 saturated carbocycles. The fraction of sp³-hybridized carbons (Fsp3) is 0. The van der Waals surface area contributed by atoms with Gasteiger partial charge in [0.25, 0.3) is 0 Å². The molecule has 3 nitrogen and oxygen atoms in total. The summed E-state index contributed by atoms with van der Waals surface area (Å²) in [5.74, 6) is 1.76. The van der Waals surface area contributed by atoms with E-state index in [4.69, 9.17) is 4.74 Å². The van der Waals surface area contributed by atoms with Crippen LogP contribution in [0.3, 0.4) is 0 Å².